The predicted octanol–water partition coefficient (Wildman–Crippen LogP) is 3.96. The first-order valence-corrected chi connectivity index (χ1v) is 3.68. The first-order chi connectivity index (χ1) is 6.45. The van der Waals surface area contributed by atoms with Gasteiger partial charge in [-0.2, -0.15) is 13.2 Å². The second kappa shape index (κ2) is 3.59. The summed E-state index contributed by atoms with van der Waals surface area (Å²) >= 11 is 0. The molecule has 1 rings (SSSR count). The fourth-order valence-corrected chi connectivity index (χ4v) is 1.01. The summed E-state index contributed by atoms with van der Waals surface area (Å²) in [5.41, 5.74) is 7.40. The molecule has 0 aromatic heterocycles. The Labute approximate surface area is 77.8 Å². The molecule has 0 aliphatic rings. The van der Waals surface area contributed by atoms with Crippen LogP contribution < -0.4 is 0 Å². The SMILES string of the molecule is Cc1ccc(C(F)(F)F)c(N=[N+]=[N-])c1. The van der Waals surface area contributed by atoms with E-state index in [1.165, 1.54) is 12.1 Å². The molecule has 0 radical (unpaired) electrons. The minimum atomic E-state index is -4.49. The molecule has 0 fully saturated rings. The molecule has 6 heteroatoms. The van der Waals surface area contributed by atoms with Gasteiger partial charge in [-0.25, -0.2) is 0 Å². The van der Waals surface area contributed by atoms with Crippen LogP contribution in [0.4, 0.5) is 18.9 Å². The second-order valence-corrected chi connectivity index (χ2v) is 2.71. The Balaban J connectivity index is 3.36. The first kappa shape index (κ1) is 10.4. The van der Waals surface area contributed by atoms with Crippen LogP contribution in [0, 0.1) is 6.92 Å². The molecule has 0 saturated heterocycles. The zero-order valence-corrected chi connectivity index (χ0v) is 7.21. The van der Waals surface area contributed by atoms with E-state index in [0.29, 0.717) is 5.56 Å². The molecule has 0 unspecified atom stereocenters. The van der Waals surface area contributed by atoms with Crippen LogP contribution in [0.25, 0.3) is 10.4 Å². The Bertz CT molecular complexity index is 391. The van der Waals surface area contributed by atoms with E-state index in [9.17, 15) is 13.2 Å². The van der Waals surface area contributed by atoms with Crippen LogP contribution in [0.2, 0.25) is 0 Å². The third kappa shape index (κ3) is 2.17. The van der Waals surface area contributed by atoms with Crippen molar-refractivity contribution in [2.45, 2.75) is 13.1 Å². The van der Waals surface area contributed by atoms with Gasteiger partial charge in [0.25, 0.3) is 0 Å². The van der Waals surface area contributed by atoms with Crippen LogP contribution in [0.1, 0.15) is 11.1 Å². The average molecular weight is 201 g/mol. The van der Waals surface area contributed by atoms with Crippen molar-refractivity contribution in [1.29, 1.82) is 0 Å². The van der Waals surface area contributed by atoms with E-state index < -0.39 is 11.7 Å². The molecular formula is C8H6F3N3. The number of benzene rings is 1. The van der Waals surface area contributed by atoms with E-state index in [2.05, 4.69) is 10.0 Å². The van der Waals surface area contributed by atoms with Crippen molar-refractivity contribution < 1.29 is 13.2 Å². The summed E-state index contributed by atoms with van der Waals surface area (Å²) in [6.07, 6.45) is -4.49. The number of rotatable bonds is 1. The van der Waals surface area contributed by atoms with Crippen molar-refractivity contribution in [3.8, 4) is 0 Å². The summed E-state index contributed by atoms with van der Waals surface area (Å²) in [4.78, 5) is 2.35. The largest absolute Gasteiger partial charge is 0.416 e. The van der Waals surface area contributed by atoms with E-state index in [1.54, 1.807) is 6.92 Å². The number of hydrogen-bond donors (Lipinski definition) is 0. The van der Waals surface area contributed by atoms with Crippen molar-refractivity contribution >= 4 is 5.69 Å². The number of halogens is 3. The molecule has 1 aromatic rings. The van der Waals surface area contributed by atoms with Gasteiger partial charge >= 0.3 is 6.18 Å². The van der Waals surface area contributed by atoms with Crippen molar-refractivity contribution in [2.75, 3.05) is 0 Å². The standard InChI is InChI=1S/C8H6F3N3/c1-5-2-3-6(8(9,10)11)7(4-5)13-14-12/h2-4H,1H3. The van der Waals surface area contributed by atoms with Crippen LogP contribution in [0.3, 0.4) is 0 Å². The maximum absolute atomic E-state index is 12.3. The van der Waals surface area contributed by atoms with E-state index in [-0.39, 0.29) is 5.69 Å². The zero-order chi connectivity index (χ0) is 10.8. The molecule has 74 valence electrons. The molecule has 0 aliphatic carbocycles. The fourth-order valence-electron chi connectivity index (χ4n) is 1.01. The molecule has 0 amide bonds. The van der Waals surface area contributed by atoms with Crippen molar-refractivity contribution in [3.05, 3.63) is 39.8 Å². The zero-order valence-electron chi connectivity index (χ0n) is 7.21. The highest BCUT2D eigenvalue weighted by Gasteiger charge is 2.32. The highest BCUT2D eigenvalue weighted by Crippen LogP contribution is 2.36. The number of nitrogens with zero attached hydrogens (tertiary/aromatic N) is 3. The predicted molar refractivity (Wildman–Crippen MR) is 45.0 cm³/mol. The summed E-state index contributed by atoms with van der Waals surface area (Å²) in [6, 6.07) is 3.42. The van der Waals surface area contributed by atoms with Gasteiger partial charge in [-0.3, -0.25) is 0 Å². The summed E-state index contributed by atoms with van der Waals surface area (Å²) in [5, 5.41) is 2.99. The molecule has 3 nitrogen and oxygen atoms in total. The van der Waals surface area contributed by atoms with E-state index in [1.807, 2.05) is 0 Å². The molecule has 0 bridgehead atoms. The van der Waals surface area contributed by atoms with Crippen molar-refractivity contribution in [3.63, 3.8) is 0 Å². The number of hydrogen-bond acceptors (Lipinski definition) is 1. The van der Waals surface area contributed by atoms with Gasteiger partial charge in [-0.15, -0.1) is 0 Å². The molecule has 0 N–H and O–H groups in total. The van der Waals surface area contributed by atoms with Crippen LogP contribution >= 0.6 is 0 Å². The lowest BCUT2D eigenvalue weighted by Gasteiger charge is -2.09. The smallest absolute Gasteiger partial charge is 0.166 e. The third-order valence-electron chi connectivity index (χ3n) is 1.61. The van der Waals surface area contributed by atoms with Gasteiger partial charge in [-0.1, -0.05) is 16.7 Å². The molecule has 1 aromatic carbocycles. The Morgan fingerprint density at radius 1 is 1.36 bits per heavy atom. The Morgan fingerprint density at radius 3 is 2.50 bits per heavy atom. The summed E-state index contributed by atoms with van der Waals surface area (Å²) in [5.74, 6) is 0. The topological polar surface area (TPSA) is 48.8 Å². The molecule has 0 atom stereocenters. The van der Waals surface area contributed by atoms with Crippen LogP contribution in [0.15, 0.2) is 23.3 Å². The fraction of sp³-hybridized carbons (Fsp3) is 0.250. The molecule has 14 heavy (non-hydrogen) atoms. The van der Waals surface area contributed by atoms with Gasteiger partial charge in [-0.05, 0) is 24.6 Å². The molecular weight excluding hydrogens is 195 g/mol. The van der Waals surface area contributed by atoms with Gasteiger partial charge in [0.1, 0.15) is 0 Å². The van der Waals surface area contributed by atoms with E-state index >= 15 is 0 Å². The molecule has 0 saturated carbocycles. The van der Waals surface area contributed by atoms with E-state index in [0.717, 1.165) is 6.07 Å². The van der Waals surface area contributed by atoms with Gasteiger partial charge in [0.05, 0.1) is 5.56 Å². The summed E-state index contributed by atoms with van der Waals surface area (Å²) in [7, 11) is 0. The highest BCUT2D eigenvalue weighted by molar-refractivity contribution is 5.49. The van der Waals surface area contributed by atoms with Crippen LogP contribution in [-0.2, 0) is 6.18 Å². The lowest BCUT2D eigenvalue weighted by atomic mass is 10.1. The second-order valence-electron chi connectivity index (χ2n) is 2.71. The molecule has 0 spiro atoms. The van der Waals surface area contributed by atoms with Crippen LogP contribution in [0.5, 0.6) is 0 Å². The number of alkyl halides is 3. The maximum atomic E-state index is 12.3. The molecule has 0 heterocycles. The minimum Gasteiger partial charge on any atom is -0.166 e. The van der Waals surface area contributed by atoms with Crippen LogP contribution in [-0.4, -0.2) is 0 Å². The molecule has 0 aliphatic heterocycles. The quantitative estimate of drug-likeness (QED) is 0.375. The Kier molecular flexibility index (Phi) is 2.67. The average Bonchev–Trinajstić information content (AvgIpc) is 2.02. The van der Waals surface area contributed by atoms with E-state index in [4.69, 9.17) is 5.53 Å². The summed E-state index contributed by atoms with van der Waals surface area (Å²) < 4.78 is 37.0. The van der Waals surface area contributed by atoms with Gasteiger partial charge < -0.3 is 0 Å². The van der Waals surface area contributed by atoms with Gasteiger partial charge in [0, 0.05) is 10.6 Å². The lowest BCUT2D eigenvalue weighted by Crippen LogP contribution is -2.04. The monoisotopic (exact) mass is 201 g/mol. The van der Waals surface area contributed by atoms with Crippen molar-refractivity contribution in [1.82, 2.24) is 0 Å². The third-order valence-corrected chi connectivity index (χ3v) is 1.61. The Hall–Kier alpha value is -1.68. The Morgan fingerprint density at radius 2 is 2.00 bits per heavy atom. The van der Waals surface area contributed by atoms with Gasteiger partial charge in [0.2, 0.25) is 0 Å². The highest BCUT2D eigenvalue weighted by atomic mass is 19.4. The number of aryl methyl sites for hydroxylation is 1. The minimum absolute atomic E-state index is 0.389. The maximum Gasteiger partial charge on any atom is 0.416 e. The number of azide groups is 1. The lowest BCUT2D eigenvalue weighted by molar-refractivity contribution is -0.137. The van der Waals surface area contributed by atoms with Crippen molar-refractivity contribution in [2.24, 2.45) is 5.11 Å². The first-order valence-electron chi connectivity index (χ1n) is 3.68. The normalized spacial score (nSPS) is 10.9. The summed E-state index contributed by atoms with van der Waals surface area (Å²) in [6.45, 7) is 1.62. The van der Waals surface area contributed by atoms with Gasteiger partial charge in [0.15, 0.2) is 0 Å².